The van der Waals surface area contributed by atoms with Gasteiger partial charge in [-0.15, -0.1) is 0 Å². The van der Waals surface area contributed by atoms with Crippen LogP contribution in [0.1, 0.15) is 102 Å². The number of guanidine groups is 1. The Hall–Kier alpha value is -4.53. The highest BCUT2D eigenvalue weighted by atomic mass is 35.5. The van der Waals surface area contributed by atoms with Crippen LogP contribution in [-0.4, -0.2) is 59.8 Å². The van der Waals surface area contributed by atoms with Gasteiger partial charge in [-0.1, -0.05) is 44.5 Å². The number of benzene rings is 2. The van der Waals surface area contributed by atoms with Crippen molar-refractivity contribution in [3.8, 4) is 5.69 Å². The number of aliphatic imine (C=N–C) groups is 1. The average Bonchev–Trinajstić information content (AvgIpc) is 3.94. The highest BCUT2D eigenvalue weighted by Crippen LogP contribution is 2.59. The van der Waals surface area contributed by atoms with Crippen LogP contribution in [0.3, 0.4) is 0 Å². The molecule has 1 aliphatic heterocycles. The molecule has 0 unspecified atom stereocenters. The van der Waals surface area contributed by atoms with E-state index in [2.05, 4.69) is 15.2 Å². The standard InChI is InChI=1S/C36H39ClF4N8O3/c1-33(2,3)18-36(22-6-10-25-21(13-22)16-44-48(25)23-7-8-23)31(51)47(32(42)46-36)27(17-52-28(50)15-35(11-12-35)34(4,40)41)20-5-9-24(37)26(14-20)49-30(29(38)39)43-19-45-49/h5-6,9-10,13-14,16,19,23,27,29H,7-8,11-12,15,17-18H2,1-4H3,(H2,42,46)/t27-,36-/m1/s1. The third-order valence-electron chi connectivity index (χ3n) is 10.2. The maximum absolute atomic E-state index is 15.0. The van der Waals surface area contributed by atoms with Gasteiger partial charge < -0.3 is 10.5 Å². The molecule has 11 nitrogen and oxygen atoms in total. The molecule has 52 heavy (non-hydrogen) atoms. The number of nitrogens with zero attached hydrogens (tertiary/aromatic N) is 7. The first kappa shape index (κ1) is 35.9. The molecule has 7 rings (SSSR count). The maximum atomic E-state index is 15.0. The number of amides is 1. The molecule has 276 valence electrons. The Labute approximate surface area is 302 Å². The molecule has 4 aromatic rings. The van der Waals surface area contributed by atoms with Gasteiger partial charge >= 0.3 is 5.97 Å². The first-order valence-electron chi connectivity index (χ1n) is 17.1. The number of fused-ring (bicyclic) bond motifs is 1. The van der Waals surface area contributed by atoms with Gasteiger partial charge in [0.05, 0.1) is 40.9 Å². The summed E-state index contributed by atoms with van der Waals surface area (Å²) in [6.45, 7) is 6.19. The summed E-state index contributed by atoms with van der Waals surface area (Å²) in [6.07, 6.45) is 1.87. The summed E-state index contributed by atoms with van der Waals surface area (Å²) in [4.78, 5) is 37.9. The lowest BCUT2D eigenvalue weighted by molar-refractivity contribution is -0.153. The van der Waals surface area contributed by atoms with Crippen molar-refractivity contribution in [2.24, 2.45) is 21.6 Å². The Balaban J connectivity index is 1.29. The fourth-order valence-electron chi connectivity index (χ4n) is 7.22. The fourth-order valence-corrected chi connectivity index (χ4v) is 7.42. The third kappa shape index (κ3) is 6.41. The molecule has 2 aliphatic carbocycles. The van der Waals surface area contributed by atoms with Crippen LogP contribution in [0, 0.1) is 10.8 Å². The lowest BCUT2D eigenvalue weighted by atomic mass is 9.75. The van der Waals surface area contributed by atoms with E-state index in [0.29, 0.717) is 11.6 Å². The summed E-state index contributed by atoms with van der Waals surface area (Å²) in [6, 6.07) is 9.20. The van der Waals surface area contributed by atoms with Crippen LogP contribution < -0.4 is 5.73 Å². The first-order valence-corrected chi connectivity index (χ1v) is 17.5. The molecule has 2 N–H and O–H groups in total. The van der Waals surface area contributed by atoms with E-state index in [9.17, 15) is 22.4 Å². The Morgan fingerprint density at radius 2 is 1.83 bits per heavy atom. The molecule has 0 spiro atoms. The molecule has 2 aromatic heterocycles. The van der Waals surface area contributed by atoms with E-state index in [-0.39, 0.29) is 41.5 Å². The minimum absolute atomic E-state index is 0.0205. The molecule has 16 heteroatoms. The summed E-state index contributed by atoms with van der Waals surface area (Å²) < 4.78 is 65.0. The molecule has 1 amide bonds. The quantitative estimate of drug-likeness (QED) is 0.118. The van der Waals surface area contributed by atoms with Crippen molar-refractivity contribution in [1.29, 1.82) is 0 Å². The Bertz CT molecular complexity index is 2080. The van der Waals surface area contributed by atoms with Crippen molar-refractivity contribution >= 4 is 40.3 Å². The van der Waals surface area contributed by atoms with E-state index in [1.54, 1.807) is 6.20 Å². The Kier molecular flexibility index (Phi) is 8.66. The molecule has 2 saturated carbocycles. The molecular formula is C36H39ClF4N8O3. The number of carbonyl (C=O) groups excluding carboxylic acids is 2. The van der Waals surface area contributed by atoms with Crippen molar-refractivity contribution in [2.75, 3.05) is 6.61 Å². The van der Waals surface area contributed by atoms with Crippen LogP contribution in [0.4, 0.5) is 17.6 Å². The number of carbonyl (C=O) groups is 2. The average molecular weight is 743 g/mol. The summed E-state index contributed by atoms with van der Waals surface area (Å²) in [7, 11) is 0. The van der Waals surface area contributed by atoms with Crippen molar-refractivity contribution in [3.63, 3.8) is 0 Å². The van der Waals surface area contributed by atoms with Gasteiger partial charge in [0.2, 0.25) is 0 Å². The van der Waals surface area contributed by atoms with Crippen LogP contribution in [0.25, 0.3) is 16.6 Å². The lowest BCUT2D eigenvalue weighted by Crippen LogP contribution is -2.47. The predicted molar refractivity (Wildman–Crippen MR) is 184 cm³/mol. The van der Waals surface area contributed by atoms with Gasteiger partial charge in [-0.05, 0) is 79.8 Å². The molecule has 0 bridgehead atoms. The second-order valence-electron chi connectivity index (χ2n) is 15.4. The Morgan fingerprint density at radius 1 is 1.10 bits per heavy atom. The zero-order chi connectivity index (χ0) is 37.4. The fraction of sp³-hybridized carbons (Fsp3) is 0.500. The number of hydrogen-bond donors (Lipinski definition) is 1. The number of rotatable bonds is 12. The molecule has 2 fully saturated rings. The van der Waals surface area contributed by atoms with Gasteiger partial charge in [-0.3, -0.25) is 19.2 Å². The predicted octanol–water partition coefficient (Wildman–Crippen LogP) is 7.44. The second kappa shape index (κ2) is 12.6. The highest BCUT2D eigenvalue weighted by molar-refractivity contribution is 6.32. The topological polar surface area (TPSA) is 134 Å². The van der Waals surface area contributed by atoms with E-state index in [0.717, 1.165) is 41.7 Å². The monoisotopic (exact) mass is 742 g/mol. The highest BCUT2D eigenvalue weighted by Gasteiger charge is 2.60. The maximum Gasteiger partial charge on any atom is 0.306 e. The van der Waals surface area contributed by atoms with Gasteiger partial charge in [-0.2, -0.15) is 10.2 Å². The number of nitrogens with two attached hydrogens (primary N) is 1. The smallest absolute Gasteiger partial charge is 0.306 e. The number of hydrogen-bond acceptors (Lipinski definition) is 8. The summed E-state index contributed by atoms with van der Waals surface area (Å²) in [5.41, 5.74) is 5.02. The normalized spacial score (nSPS) is 20.8. The Morgan fingerprint density at radius 3 is 2.46 bits per heavy atom. The molecule has 3 aliphatic rings. The van der Waals surface area contributed by atoms with Crippen molar-refractivity contribution < 1.29 is 31.9 Å². The zero-order valence-electron chi connectivity index (χ0n) is 29.1. The van der Waals surface area contributed by atoms with Crippen LogP contribution >= 0.6 is 11.6 Å². The van der Waals surface area contributed by atoms with Crippen molar-refractivity contribution in [3.05, 3.63) is 70.9 Å². The zero-order valence-corrected chi connectivity index (χ0v) is 29.9. The molecule has 2 aromatic carbocycles. The molecule has 2 atom stereocenters. The van der Waals surface area contributed by atoms with E-state index in [1.165, 1.54) is 23.1 Å². The number of halogens is 5. The number of alkyl halides is 4. The largest absolute Gasteiger partial charge is 0.463 e. The van der Waals surface area contributed by atoms with Gasteiger partial charge in [0.15, 0.2) is 17.3 Å². The summed E-state index contributed by atoms with van der Waals surface area (Å²) >= 11 is 6.48. The van der Waals surface area contributed by atoms with Gasteiger partial charge in [0.1, 0.15) is 12.9 Å². The molecular weight excluding hydrogens is 704 g/mol. The van der Waals surface area contributed by atoms with Crippen LogP contribution in [0.2, 0.25) is 5.02 Å². The van der Waals surface area contributed by atoms with Gasteiger partial charge in [-0.25, -0.2) is 32.2 Å². The van der Waals surface area contributed by atoms with Gasteiger partial charge in [0, 0.05) is 10.8 Å². The molecule has 0 saturated heterocycles. The van der Waals surface area contributed by atoms with Crippen LogP contribution in [0.15, 0.2) is 53.9 Å². The number of aromatic nitrogens is 5. The third-order valence-corrected chi connectivity index (χ3v) is 10.5. The molecule has 0 radical (unpaired) electrons. The molecule has 3 heterocycles. The first-order chi connectivity index (χ1) is 24.4. The number of ether oxygens (including phenoxy) is 1. The van der Waals surface area contributed by atoms with Crippen molar-refractivity contribution in [2.45, 2.75) is 96.2 Å². The SMILES string of the molecule is CC(C)(C)C[C@]1(c2ccc3c(cnn3C3CC3)c2)N=C(N)N([C@H](COC(=O)CC2(C(C)(F)F)CC2)c2ccc(Cl)c(-n3ncnc3C(F)F)c2)C1=O. The second-order valence-corrected chi connectivity index (χ2v) is 15.8. The summed E-state index contributed by atoms with van der Waals surface area (Å²) in [5.74, 6) is -5.33. The minimum atomic E-state index is -3.10. The lowest BCUT2D eigenvalue weighted by Gasteiger charge is -2.35. The van der Waals surface area contributed by atoms with E-state index in [1.807, 2.05) is 43.7 Å². The van der Waals surface area contributed by atoms with Crippen LogP contribution in [0.5, 0.6) is 0 Å². The van der Waals surface area contributed by atoms with Crippen LogP contribution in [-0.2, 0) is 19.9 Å². The van der Waals surface area contributed by atoms with E-state index < -0.39 is 65.5 Å². The van der Waals surface area contributed by atoms with E-state index in [4.69, 9.17) is 27.1 Å². The minimum Gasteiger partial charge on any atom is -0.463 e. The summed E-state index contributed by atoms with van der Waals surface area (Å²) in [5, 5.41) is 9.38. The van der Waals surface area contributed by atoms with E-state index >= 15 is 4.79 Å². The number of esters is 1. The van der Waals surface area contributed by atoms with Crippen molar-refractivity contribution in [1.82, 2.24) is 29.4 Å². The van der Waals surface area contributed by atoms with Gasteiger partial charge in [0.25, 0.3) is 18.3 Å².